The molecule has 0 unspecified atom stereocenters. The van der Waals surface area contributed by atoms with Crippen molar-refractivity contribution in [2.24, 2.45) is 5.92 Å². The molecule has 2 fully saturated rings. The number of hydrogen-bond acceptors (Lipinski definition) is 4. The van der Waals surface area contributed by atoms with Gasteiger partial charge in [0.05, 0.1) is 18.1 Å². The highest BCUT2D eigenvalue weighted by atomic mass is 16.5. The molecule has 2 aliphatic rings. The summed E-state index contributed by atoms with van der Waals surface area (Å²) in [7, 11) is 3.64. The number of ether oxygens (including phenoxy) is 1. The Morgan fingerprint density at radius 1 is 1.40 bits per heavy atom. The van der Waals surface area contributed by atoms with Crippen molar-refractivity contribution in [1.82, 2.24) is 14.8 Å². The molecule has 2 saturated heterocycles. The highest BCUT2D eigenvalue weighted by Crippen LogP contribution is 2.33. The van der Waals surface area contributed by atoms with Crippen molar-refractivity contribution < 1.29 is 9.53 Å². The quantitative estimate of drug-likeness (QED) is 0.817. The van der Waals surface area contributed by atoms with Crippen LogP contribution in [0.5, 0.6) is 0 Å². The lowest BCUT2D eigenvalue weighted by Crippen LogP contribution is -2.44. The number of carbonyl (C=O) groups excluding carboxylic acids is 1. The summed E-state index contributed by atoms with van der Waals surface area (Å²) in [5, 5.41) is 0. The average molecular weight is 275 g/mol. The van der Waals surface area contributed by atoms with Crippen molar-refractivity contribution in [3.63, 3.8) is 0 Å². The number of aromatic nitrogens is 1. The Balaban J connectivity index is 1.65. The number of amides is 1. The summed E-state index contributed by atoms with van der Waals surface area (Å²) in [4.78, 5) is 20.3. The molecule has 5 heteroatoms. The van der Waals surface area contributed by atoms with Gasteiger partial charge in [0.25, 0.3) is 0 Å². The summed E-state index contributed by atoms with van der Waals surface area (Å²) in [6.45, 7) is 2.65. The van der Waals surface area contributed by atoms with Gasteiger partial charge in [-0.25, -0.2) is 0 Å². The molecule has 0 spiro atoms. The lowest BCUT2D eigenvalue weighted by Gasteiger charge is -2.33. The number of morpholine rings is 1. The van der Waals surface area contributed by atoms with Crippen LogP contribution >= 0.6 is 0 Å². The van der Waals surface area contributed by atoms with E-state index in [4.69, 9.17) is 4.74 Å². The van der Waals surface area contributed by atoms with Crippen molar-refractivity contribution in [2.45, 2.75) is 25.2 Å². The second-order valence-electron chi connectivity index (χ2n) is 5.92. The molecule has 2 bridgehead atoms. The van der Waals surface area contributed by atoms with Crippen LogP contribution in [0.3, 0.4) is 0 Å². The Kier molecular flexibility index (Phi) is 3.72. The third-order valence-corrected chi connectivity index (χ3v) is 4.15. The van der Waals surface area contributed by atoms with Crippen molar-refractivity contribution in [3.05, 3.63) is 30.1 Å². The van der Waals surface area contributed by atoms with E-state index in [-0.39, 0.29) is 24.0 Å². The highest BCUT2D eigenvalue weighted by Gasteiger charge is 2.44. The fourth-order valence-corrected chi connectivity index (χ4v) is 3.20. The van der Waals surface area contributed by atoms with Crippen LogP contribution in [0.25, 0.3) is 0 Å². The molecule has 3 heterocycles. The molecule has 108 valence electrons. The van der Waals surface area contributed by atoms with E-state index in [2.05, 4.69) is 9.88 Å². The van der Waals surface area contributed by atoms with E-state index in [9.17, 15) is 4.79 Å². The zero-order valence-electron chi connectivity index (χ0n) is 12.0. The summed E-state index contributed by atoms with van der Waals surface area (Å²) in [6, 6.07) is 4.08. The average Bonchev–Trinajstić information content (AvgIpc) is 2.74. The molecule has 0 aliphatic carbocycles. The minimum Gasteiger partial charge on any atom is -0.371 e. The Morgan fingerprint density at radius 3 is 2.85 bits per heavy atom. The van der Waals surface area contributed by atoms with Gasteiger partial charge >= 0.3 is 0 Å². The third kappa shape index (κ3) is 2.69. The third-order valence-electron chi connectivity index (χ3n) is 4.15. The molecule has 2 aliphatic heterocycles. The molecule has 3 rings (SSSR count). The Hall–Kier alpha value is -1.46. The molecule has 3 atom stereocenters. The number of hydrogen-bond donors (Lipinski definition) is 0. The van der Waals surface area contributed by atoms with Crippen LogP contribution in [0.2, 0.25) is 0 Å². The number of rotatable bonds is 3. The van der Waals surface area contributed by atoms with E-state index in [1.54, 1.807) is 4.90 Å². The maximum atomic E-state index is 12.2. The fourth-order valence-electron chi connectivity index (χ4n) is 3.20. The first-order chi connectivity index (χ1) is 9.63. The van der Waals surface area contributed by atoms with Crippen LogP contribution < -0.4 is 0 Å². The van der Waals surface area contributed by atoms with Crippen molar-refractivity contribution >= 4 is 5.91 Å². The van der Waals surface area contributed by atoms with Gasteiger partial charge < -0.3 is 9.64 Å². The summed E-state index contributed by atoms with van der Waals surface area (Å²) in [5.41, 5.74) is 1.26. The molecule has 5 nitrogen and oxygen atoms in total. The second kappa shape index (κ2) is 5.50. The van der Waals surface area contributed by atoms with E-state index in [1.165, 1.54) is 5.56 Å². The van der Waals surface area contributed by atoms with Crippen molar-refractivity contribution in [2.75, 3.05) is 27.2 Å². The van der Waals surface area contributed by atoms with E-state index in [1.807, 2.05) is 38.6 Å². The van der Waals surface area contributed by atoms with Crippen LogP contribution in [0.1, 0.15) is 12.0 Å². The van der Waals surface area contributed by atoms with E-state index >= 15 is 0 Å². The zero-order valence-corrected chi connectivity index (χ0v) is 12.0. The molecule has 20 heavy (non-hydrogen) atoms. The fraction of sp³-hybridized carbons (Fsp3) is 0.600. The second-order valence-corrected chi connectivity index (χ2v) is 5.92. The predicted octanol–water partition coefficient (Wildman–Crippen LogP) is 0.759. The molecule has 1 aromatic heterocycles. The molecular formula is C15H21N3O2. The first-order valence-electron chi connectivity index (χ1n) is 7.11. The molecule has 0 N–H and O–H groups in total. The Labute approximate surface area is 119 Å². The van der Waals surface area contributed by atoms with E-state index < -0.39 is 0 Å². The normalized spacial score (nSPS) is 29.4. The van der Waals surface area contributed by atoms with Crippen LogP contribution in [0, 0.1) is 5.92 Å². The minimum absolute atomic E-state index is 0.0254. The summed E-state index contributed by atoms with van der Waals surface area (Å²) >= 11 is 0. The smallest absolute Gasteiger partial charge is 0.227 e. The summed E-state index contributed by atoms with van der Waals surface area (Å²) < 4.78 is 5.95. The molecule has 0 radical (unpaired) electrons. The first kappa shape index (κ1) is 13.5. The van der Waals surface area contributed by atoms with Gasteiger partial charge in [0.1, 0.15) is 0 Å². The van der Waals surface area contributed by atoms with Crippen LogP contribution in [-0.2, 0) is 16.1 Å². The largest absolute Gasteiger partial charge is 0.371 e. The lowest BCUT2D eigenvalue weighted by molar-refractivity contribution is -0.136. The zero-order chi connectivity index (χ0) is 14.1. The van der Waals surface area contributed by atoms with Gasteiger partial charge in [0.15, 0.2) is 0 Å². The van der Waals surface area contributed by atoms with Gasteiger partial charge in [-0.1, -0.05) is 0 Å². The van der Waals surface area contributed by atoms with Crippen LogP contribution in [0.15, 0.2) is 24.5 Å². The molecule has 0 aromatic carbocycles. The minimum atomic E-state index is 0.0254. The maximum absolute atomic E-state index is 12.2. The summed E-state index contributed by atoms with van der Waals surface area (Å²) in [5.74, 6) is 0.223. The van der Waals surface area contributed by atoms with Gasteiger partial charge in [-0.15, -0.1) is 0 Å². The maximum Gasteiger partial charge on any atom is 0.227 e. The van der Waals surface area contributed by atoms with E-state index in [0.717, 1.165) is 26.1 Å². The molecule has 0 saturated carbocycles. The first-order valence-corrected chi connectivity index (χ1v) is 7.11. The topological polar surface area (TPSA) is 45.7 Å². The Bertz CT molecular complexity index is 477. The number of likely N-dealkylation sites (tertiary alicyclic amines) is 1. The predicted molar refractivity (Wildman–Crippen MR) is 75.0 cm³/mol. The molecular weight excluding hydrogens is 254 g/mol. The van der Waals surface area contributed by atoms with Crippen molar-refractivity contribution in [3.8, 4) is 0 Å². The van der Waals surface area contributed by atoms with Gasteiger partial charge in [0.2, 0.25) is 5.91 Å². The summed E-state index contributed by atoms with van der Waals surface area (Å²) in [6.07, 6.45) is 4.75. The number of carbonyl (C=O) groups is 1. The number of nitrogens with zero attached hydrogens (tertiary/aromatic N) is 3. The molecule has 1 amide bonds. The lowest BCUT2D eigenvalue weighted by atomic mass is 9.99. The van der Waals surface area contributed by atoms with E-state index in [0.29, 0.717) is 0 Å². The van der Waals surface area contributed by atoms with Gasteiger partial charge in [-0.2, -0.15) is 0 Å². The van der Waals surface area contributed by atoms with Crippen LogP contribution in [-0.4, -0.2) is 60.1 Å². The highest BCUT2D eigenvalue weighted by molar-refractivity contribution is 5.79. The standard InChI is InChI=1S/C15H21N3O2/c1-17(2)15(19)13-7-12-9-18(10-14(13)20-12)8-11-3-5-16-6-4-11/h3-6,12-14H,7-10H2,1-2H3/t12-,13+,14-/m1/s1. The van der Waals surface area contributed by atoms with Crippen LogP contribution in [0.4, 0.5) is 0 Å². The van der Waals surface area contributed by atoms with Gasteiger partial charge in [0, 0.05) is 46.1 Å². The van der Waals surface area contributed by atoms with Crippen molar-refractivity contribution in [1.29, 1.82) is 0 Å². The Morgan fingerprint density at radius 2 is 2.15 bits per heavy atom. The number of pyridine rings is 1. The monoisotopic (exact) mass is 275 g/mol. The molecule has 1 aromatic rings. The SMILES string of the molecule is CN(C)C(=O)[C@H]1C[C@@H]2CN(Cc3ccncc3)C[C@H]1O2. The van der Waals surface area contributed by atoms with Gasteiger partial charge in [-0.05, 0) is 24.1 Å². The number of fused-ring (bicyclic) bond motifs is 2. The van der Waals surface area contributed by atoms with Gasteiger partial charge in [-0.3, -0.25) is 14.7 Å².